The second-order valence-electron chi connectivity index (χ2n) is 4.14. The fourth-order valence-electron chi connectivity index (χ4n) is 1.18. The van der Waals surface area contributed by atoms with Crippen molar-refractivity contribution in [1.82, 2.24) is 5.32 Å². The highest BCUT2D eigenvalue weighted by Crippen LogP contribution is 2.00. The number of benzene rings is 1. The molecular formula is C13H17NO2S. The first kappa shape index (κ1) is 13.6. The average molecular weight is 251 g/mol. The molecule has 0 aliphatic carbocycles. The highest BCUT2D eigenvalue weighted by Gasteiger charge is 2.07. The summed E-state index contributed by atoms with van der Waals surface area (Å²) in [5, 5.41) is 2.68. The van der Waals surface area contributed by atoms with E-state index >= 15 is 0 Å². The van der Waals surface area contributed by atoms with Gasteiger partial charge in [0.15, 0.2) is 0 Å². The number of nitrogens with one attached hydrogen (secondary N) is 1. The van der Waals surface area contributed by atoms with E-state index in [2.05, 4.69) is 19.2 Å². The molecule has 0 unspecified atom stereocenters. The highest BCUT2D eigenvalue weighted by molar-refractivity contribution is 7.80. The van der Waals surface area contributed by atoms with E-state index in [1.54, 1.807) is 24.3 Å². The molecule has 1 aromatic rings. The monoisotopic (exact) mass is 251 g/mol. The van der Waals surface area contributed by atoms with Crippen molar-refractivity contribution in [1.29, 1.82) is 0 Å². The van der Waals surface area contributed by atoms with Crippen LogP contribution in [0.25, 0.3) is 0 Å². The predicted octanol–water partition coefficient (Wildman–Crippen LogP) is 2.76. The van der Waals surface area contributed by atoms with Gasteiger partial charge in [0.1, 0.15) is 0 Å². The van der Waals surface area contributed by atoms with Crippen molar-refractivity contribution in [3.8, 4) is 0 Å². The van der Waals surface area contributed by atoms with E-state index in [-0.39, 0.29) is 11.1 Å². The molecule has 0 spiro atoms. The summed E-state index contributed by atoms with van der Waals surface area (Å²) in [4.78, 5) is 11.7. The topological polar surface area (TPSA) is 38.3 Å². The van der Waals surface area contributed by atoms with Gasteiger partial charge in [-0.15, -0.1) is 0 Å². The van der Waals surface area contributed by atoms with Gasteiger partial charge in [0, 0.05) is 5.56 Å². The Labute approximate surface area is 107 Å². The predicted molar refractivity (Wildman–Crippen MR) is 71.9 cm³/mol. The Kier molecular flexibility index (Phi) is 5.63. The molecule has 0 aromatic heterocycles. The zero-order chi connectivity index (χ0) is 12.7. The van der Waals surface area contributed by atoms with E-state index in [0.29, 0.717) is 18.1 Å². The van der Waals surface area contributed by atoms with Crippen LogP contribution in [0.1, 0.15) is 30.6 Å². The average Bonchev–Trinajstić information content (AvgIpc) is 2.29. The van der Waals surface area contributed by atoms with Gasteiger partial charge < -0.3 is 4.74 Å². The minimum atomic E-state index is -0.236. The Balaban J connectivity index is 2.34. The fraction of sp³-hybridized carbons (Fsp3) is 0.385. The summed E-state index contributed by atoms with van der Waals surface area (Å²) < 4.78 is 5.24. The van der Waals surface area contributed by atoms with E-state index in [0.717, 1.165) is 6.42 Å². The quantitative estimate of drug-likeness (QED) is 0.836. The van der Waals surface area contributed by atoms with Crippen LogP contribution < -0.4 is 5.32 Å². The molecule has 92 valence electrons. The van der Waals surface area contributed by atoms with Crippen LogP contribution in [0.3, 0.4) is 0 Å². The van der Waals surface area contributed by atoms with Gasteiger partial charge in [-0.3, -0.25) is 10.1 Å². The second-order valence-corrected chi connectivity index (χ2v) is 4.51. The molecule has 0 aliphatic heterocycles. The van der Waals surface area contributed by atoms with Crippen molar-refractivity contribution in [3.05, 3.63) is 35.9 Å². The molecule has 4 heteroatoms. The van der Waals surface area contributed by atoms with Gasteiger partial charge in [-0.1, -0.05) is 32.0 Å². The van der Waals surface area contributed by atoms with Crippen LogP contribution in [0.4, 0.5) is 0 Å². The summed E-state index contributed by atoms with van der Waals surface area (Å²) >= 11 is 4.93. The van der Waals surface area contributed by atoms with Gasteiger partial charge in [-0.05, 0) is 36.7 Å². The van der Waals surface area contributed by atoms with Crippen LogP contribution in [0.2, 0.25) is 0 Å². The fourth-order valence-corrected chi connectivity index (χ4v) is 1.35. The lowest BCUT2D eigenvalue weighted by atomic mass is 10.1. The molecule has 1 N–H and O–H groups in total. The van der Waals surface area contributed by atoms with Crippen LogP contribution in [-0.2, 0) is 4.74 Å². The van der Waals surface area contributed by atoms with E-state index in [1.165, 1.54) is 0 Å². The van der Waals surface area contributed by atoms with Gasteiger partial charge in [0.2, 0.25) is 0 Å². The van der Waals surface area contributed by atoms with E-state index in [1.807, 2.05) is 6.07 Å². The first-order valence-electron chi connectivity index (χ1n) is 5.62. The summed E-state index contributed by atoms with van der Waals surface area (Å²) in [6.07, 6.45) is 0.918. The minimum absolute atomic E-state index is 0.138. The number of carbonyl (C=O) groups excluding carboxylic acids is 1. The standard InChI is InChI=1S/C13H17NO2S/c1-10(2)8-9-16-13(17)14-12(15)11-6-4-3-5-7-11/h3-7,10H,8-9H2,1-2H3,(H,14,15,17). The minimum Gasteiger partial charge on any atom is -0.471 e. The van der Waals surface area contributed by atoms with E-state index < -0.39 is 0 Å². The molecule has 0 fully saturated rings. The maximum Gasteiger partial charge on any atom is 0.263 e. The number of carbonyl (C=O) groups is 1. The maximum atomic E-state index is 11.7. The molecule has 0 aliphatic rings. The van der Waals surface area contributed by atoms with Crippen molar-refractivity contribution in [2.45, 2.75) is 20.3 Å². The molecule has 0 heterocycles. The SMILES string of the molecule is CC(C)CCOC(=S)NC(=O)c1ccccc1. The van der Waals surface area contributed by atoms with E-state index in [4.69, 9.17) is 17.0 Å². The smallest absolute Gasteiger partial charge is 0.263 e. The van der Waals surface area contributed by atoms with Gasteiger partial charge >= 0.3 is 0 Å². The lowest BCUT2D eigenvalue weighted by Crippen LogP contribution is -2.31. The molecule has 0 saturated carbocycles. The number of rotatable bonds is 4. The van der Waals surface area contributed by atoms with Gasteiger partial charge in [-0.2, -0.15) is 0 Å². The highest BCUT2D eigenvalue weighted by atomic mass is 32.1. The van der Waals surface area contributed by atoms with Crippen molar-refractivity contribution < 1.29 is 9.53 Å². The molecule has 0 radical (unpaired) electrons. The third kappa shape index (κ3) is 5.45. The molecule has 3 nitrogen and oxygen atoms in total. The first-order valence-corrected chi connectivity index (χ1v) is 6.03. The van der Waals surface area contributed by atoms with Crippen molar-refractivity contribution >= 4 is 23.3 Å². The molecule has 17 heavy (non-hydrogen) atoms. The summed E-state index contributed by atoms with van der Waals surface area (Å²) in [6, 6.07) is 8.92. The third-order valence-corrected chi connectivity index (χ3v) is 2.40. The Morgan fingerprint density at radius 3 is 2.59 bits per heavy atom. The lowest BCUT2D eigenvalue weighted by Gasteiger charge is -2.09. The van der Waals surface area contributed by atoms with Gasteiger partial charge in [0.25, 0.3) is 11.1 Å². The van der Waals surface area contributed by atoms with Crippen molar-refractivity contribution in [3.63, 3.8) is 0 Å². The van der Waals surface area contributed by atoms with Crippen LogP contribution in [0, 0.1) is 5.92 Å². The largest absolute Gasteiger partial charge is 0.471 e. The van der Waals surface area contributed by atoms with E-state index in [9.17, 15) is 4.79 Å². The molecular weight excluding hydrogens is 234 g/mol. The van der Waals surface area contributed by atoms with Crippen molar-refractivity contribution in [2.75, 3.05) is 6.61 Å². The normalized spacial score (nSPS) is 10.1. The molecule has 0 atom stereocenters. The first-order chi connectivity index (χ1) is 8.09. The van der Waals surface area contributed by atoms with Crippen LogP contribution >= 0.6 is 12.2 Å². The number of ether oxygens (including phenoxy) is 1. The zero-order valence-corrected chi connectivity index (χ0v) is 10.9. The molecule has 0 saturated heterocycles. The van der Waals surface area contributed by atoms with Crippen molar-refractivity contribution in [2.24, 2.45) is 5.92 Å². The number of hydrogen-bond acceptors (Lipinski definition) is 3. The number of hydrogen-bond donors (Lipinski definition) is 1. The second kappa shape index (κ2) is 7.01. The maximum absolute atomic E-state index is 11.7. The summed E-state index contributed by atoms with van der Waals surface area (Å²) in [7, 11) is 0. The van der Waals surface area contributed by atoms with Crippen LogP contribution in [0.5, 0.6) is 0 Å². The molecule has 1 aromatic carbocycles. The van der Waals surface area contributed by atoms with Gasteiger partial charge in [0.05, 0.1) is 6.61 Å². The van der Waals surface area contributed by atoms with Crippen LogP contribution in [-0.4, -0.2) is 17.7 Å². The van der Waals surface area contributed by atoms with Crippen LogP contribution in [0.15, 0.2) is 30.3 Å². The Hall–Kier alpha value is -1.42. The summed E-state index contributed by atoms with van der Waals surface area (Å²) in [5.74, 6) is 0.322. The molecule has 1 amide bonds. The molecule has 0 bridgehead atoms. The number of amides is 1. The Morgan fingerprint density at radius 2 is 2.00 bits per heavy atom. The zero-order valence-electron chi connectivity index (χ0n) is 10.1. The molecule has 1 rings (SSSR count). The number of thiocarbonyl (C=S) groups is 1. The summed E-state index contributed by atoms with van der Waals surface area (Å²) in [5.41, 5.74) is 0.572. The lowest BCUT2D eigenvalue weighted by molar-refractivity contribution is 0.0967. The summed E-state index contributed by atoms with van der Waals surface area (Å²) in [6.45, 7) is 4.75. The van der Waals surface area contributed by atoms with Gasteiger partial charge in [-0.25, -0.2) is 0 Å². The Bertz CT molecular complexity index is 376. The third-order valence-electron chi connectivity index (χ3n) is 2.18. The Morgan fingerprint density at radius 1 is 1.35 bits per heavy atom.